The Bertz CT molecular complexity index is 2910. The Balaban J connectivity index is 0.000000169. The number of aryl methyl sites for hydroxylation is 2. The van der Waals surface area contributed by atoms with E-state index in [1.54, 1.807) is 53.9 Å². The molecule has 90 heavy (non-hydrogen) atoms. The summed E-state index contributed by atoms with van der Waals surface area (Å²) in [5.74, 6) is 2.97. The number of aliphatic hydroxyl groups excluding tert-OH is 1. The molecular formula is C65H100F5N11O9. The Morgan fingerprint density at radius 2 is 1.10 bits per heavy atom. The van der Waals surface area contributed by atoms with Crippen molar-refractivity contribution in [3.8, 4) is 0 Å². The standard InChI is InChI=1S/C22H26FN7O.C14H24FNO2.C10H18FNO3.C10H16FNO3.C9H16FN/c1-14-11-30-12-18(27-15(2)20(30)26-14)28-21(31)17-9-25-19(10-24-17)29-8-7-22(23,13-29)6-5-16-3-4-16;1-13(2,3)18-12(17)16-9-8-14(15,10-16)7-6-11-4-5-11;2*1-9(2,3)15-8(14)12-5-4-10(11,6-12)7-13;10-9(5-6-11-7-9)4-3-8-1-2-8/h9-12,16H,3-8,13H2,1-2H3,(H,28,31);11H,4-10H2,1-3H3;13H,4-7H2,1-3H3;7H,4-6H2,1-3H3;8,11H,1-7H2. The van der Waals surface area contributed by atoms with Crippen LogP contribution in [0.4, 0.5) is 48.0 Å². The highest BCUT2D eigenvalue weighted by Crippen LogP contribution is 2.42. The van der Waals surface area contributed by atoms with Gasteiger partial charge in [0.2, 0.25) is 0 Å². The summed E-state index contributed by atoms with van der Waals surface area (Å²) in [5, 5.41) is 14.6. The van der Waals surface area contributed by atoms with E-state index in [0.29, 0.717) is 70.0 Å². The van der Waals surface area contributed by atoms with Gasteiger partial charge in [-0.2, -0.15) is 0 Å². The minimum atomic E-state index is -1.89. The van der Waals surface area contributed by atoms with Gasteiger partial charge in [0.25, 0.3) is 5.91 Å². The summed E-state index contributed by atoms with van der Waals surface area (Å²) >= 11 is 0. The fraction of sp³-hybridized carbons (Fsp3) is 0.769. The number of aromatic nitrogens is 5. The Morgan fingerprint density at radius 1 is 0.622 bits per heavy atom. The number of aldehydes is 1. The zero-order valence-corrected chi connectivity index (χ0v) is 55.0. The Kier molecular flexibility index (Phi) is 23.3. The molecule has 5 unspecified atom stereocenters. The first kappa shape index (κ1) is 71.5. The number of ether oxygens (including phenoxy) is 3. The fourth-order valence-electron chi connectivity index (χ4n) is 11.2. The van der Waals surface area contributed by atoms with E-state index >= 15 is 4.39 Å². The summed E-state index contributed by atoms with van der Waals surface area (Å²) in [6.07, 6.45) is 20.1. The number of alkyl halides is 5. The second-order valence-electron chi connectivity index (χ2n) is 29.5. The molecule has 4 amide bonds. The number of carbonyl (C=O) groups is 5. The molecule has 3 aliphatic carbocycles. The van der Waals surface area contributed by atoms with Crippen LogP contribution in [0.2, 0.25) is 0 Å². The molecule has 8 fully saturated rings. The highest BCUT2D eigenvalue weighted by Gasteiger charge is 2.45. The van der Waals surface area contributed by atoms with E-state index in [0.717, 1.165) is 73.4 Å². The number of likely N-dealkylation sites (tertiary alicyclic amines) is 3. The van der Waals surface area contributed by atoms with Crippen LogP contribution in [0, 0.1) is 31.6 Å². The third kappa shape index (κ3) is 23.0. The Hall–Kier alpha value is -5.98. The molecular weight excluding hydrogens is 1170 g/mol. The molecule has 5 atom stereocenters. The quantitative estimate of drug-likeness (QED) is 0.0775. The van der Waals surface area contributed by atoms with Gasteiger partial charge in [-0.3, -0.25) is 9.59 Å². The largest absolute Gasteiger partial charge is 0.444 e. The first-order chi connectivity index (χ1) is 42.0. The van der Waals surface area contributed by atoms with Gasteiger partial charge in [-0.05, 0) is 145 Å². The Morgan fingerprint density at radius 3 is 1.54 bits per heavy atom. The van der Waals surface area contributed by atoms with Crippen molar-refractivity contribution >= 4 is 47.8 Å². The normalized spacial score (nSPS) is 26.5. The molecule has 0 aromatic carbocycles. The number of hydrogen-bond donors (Lipinski definition) is 3. The lowest BCUT2D eigenvalue weighted by molar-refractivity contribution is -0.117. The second-order valence-corrected chi connectivity index (χ2v) is 29.5. The van der Waals surface area contributed by atoms with Crippen LogP contribution >= 0.6 is 0 Å². The van der Waals surface area contributed by atoms with E-state index in [2.05, 4.69) is 30.6 Å². The number of hydrogen-bond acceptors (Lipinski definition) is 15. The van der Waals surface area contributed by atoms with Crippen LogP contribution in [0.1, 0.15) is 193 Å². The number of rotatable bonds is 14. The first-order valence-electron chi connectivity index (χ1n) is 32.3. The number of halogens is 5. The molecule has 0 bridgehead atoms. The minimum absolute atomic E-state index is 0.0513. The van der Waals surface area contributed by atoms with Crippen molar-refractivity contribution in [3.63, 3.8) is 0 Å². The average Bonchev–Trinajstić information content (AvgIpc) is 1.69. The van der Waals surface area contributed by atoms with E-state index in [1.807, 2.05) is 50.1 Å². The molecule has 25 heteroatoms. The van der Waals surface area contributed by atoms with Gasteiger partial charge in [0.15, 0.2) is 23.3 Å². The number of amides is 4. The maximum atomic E-state index is 15.1. The predicted molar refractivity (Wildman–Crippen MR) is 332 cm³/mol. The predicted octanol–water partition coefficient (Wildman–Crippen LogP) is 11.8. The van der Waals surface area contributed by atoms with Crippen LogP contribution < -0.4 is 15.5 Å². The Labute approximate surface area is 527 Å². The van der Waals surface area contributed by atoms with E-state index in [4.69, 9.17) is 19.3 Å². The topological polar surface area (TPSA) is 226 Å². The molecule has 0 radical (unpaired) electrons. The van der Waals surface area contributed by atoms with Gasteiger partial charge in [0, 0.05) is 64.6 Å². The molecule has 5 aliphatic heterocycles. The lowest BCUT2D eigenvalue weighted by Crippen LogP contribution is -2.38. The molecule has 20 nitrogen and oxygen atoms in total. The molecule has 3 saturated carbocycles. The van der Waals surface area contributed by atoms with Gasteiger partial charge >= 0.3 is 18.3 Å². The van der Waals surface area contributed by atoms with Crippen molar-refractivity contribution in [1.29, 1.82) is 0 Å². The third-order valence-electron chi connectivity index (χ3n) is 17.1. The zero-order chi connectivity index (χ0) is 66.1. The minimum Gasteiger partial charge on any atom is -0.444 e. The van der Waals surface area contributed by atoms with E-state index < -0.39 is 69.8 Å². The summed E-state index contributed by atoms with van der Waals surface area (Å²) in [5.41, 5.74) is -5.86. The zero-order valence-electron chi connectivity index (χ0n) is 55.0. The molecule has 0 spiro atoms. The number of fused-ring (bicyclic) bond motifs is 1. The number of anilines is 2. The lowest BCUT2D eigenvalue weighted by Gasteiger charge is -2.25. The summed E-state index contributed by atoms with van der Waals surface area (Å²) in [7, 11) is 0. The third-order valence-corrected chi connectivity index (χ3v) is 17.1. The number of nitrogens with zero attached hydrogens (tertiary/aromatic N) is 9. The molecule has 8 aliphatic rings. The van der Waals surface area contributed by atoms with Gasteiger partial charge in [0.05, 0.1) is 62.8 Å². The van der Waals surface area contributed by atoms with Crippen LogP contribution in [0.3, 0.4) is 0 Å². The van der Waals surface area contributed by atoms with E-state index in [-0.39, 0.29) is 57.1 Å². The lowest BCUT2D eigenvalue weighted by atomic mass is 9.97. The van der Waals surface area contributed by atoms with Gasteiger partial charge in [0.1, 0.15) is 51.1 Å². The molecule has 5 saturated heterocycles. The van der Waals surface area contributed by atoms with E-state index in [1.165, 1.54) is 59.4 Å². The van der Waals surface area contributed by atoms with Crippen molar-refractivity contribution in [2.24, 2.45) is 17.8 Å². The van der Waals surface area contributed by atoms with Crippen LogP contribution in [0.25, 0.3) is 5.65 Å². The highest BCUT2D eigenvalue weighted by molar-refractivity contribution is 6.02. The van der Waals surface area contributed by atoms with Crippen LogP contribution in [0.5, 0.6) is 0 Å². The summed E-state index contributed by atoms with van der Waals surface area (Å²) < 4.78 is 87.5. The maximum Gasteiger partial charge on any atom is 0.410 e. The second kappa shape index (κ2) is 29.3. The molecule has 8 heterocycles. The number of nitrogens with one attached hydrogen (secondary N) is 2. The van der Waals surface area contributed by atoms with E-state index in [9.17, 15) is 41.5 Å². The van der Waals surface area contributed by atoms with Crippen molar-refractivity contribution in [2.45, 2.75) is 230 Å². The van der Waals surface area contributed by atoms with Crippen LogP contribution in [-0.4, -0.2) is 192 Å². The smallest absolute Gasteiger partial charge is 0.410 e. The molecule has 3 N–H and O–H groups in total. The first-order valence-corrected chi connectivity index (χ1v) is 32.3. The monoisotopic (exact) mass is 1270 g/mol. The van der Waals surface area contributed by atoms with Crippen molar-refractivity contribution in [1.82, 2.24) is 44.4 Å². The van der Waals surface area contributed by atoms with Crippen molar-refractivity contribution in [2.75, 3.05) is 82.3 Å². The fourth-order valence-corrected chi connectivity index (χ4v) is 11.2. The number of aliphatic hydroxyl groups is 1. The number of imidazole rings is 1. The molecule has 3 aromatic rings. The van der Waals surface area contributed by atoms with Crippen molar-refractivity contribution < 1.29 is 65.2 Å². The average molecular weight is 1270 g/mol. The van der Waals surface area contributed by atoms with Gasteiger partial charge in [-0.15, -0.1) is 0 Å². The summed E-state index contributed by atoms with van der Waals surface area (Å²) in [4.78, 5) is 81.2. The molecule has 11 rings (SSSR count). The highest BCUT2D eigenvalue weighted by atomic mass is 19.2. The van der Waals surface area contributed by atoms with Gasteiger partial charge in [-0.25, -0.2) is 56.3 Å². The molecule has 3 aromatic heterocycles. The summed E-state index contributed by atoms with van der Waals surface area (Å²) in [6, 6.07) is 0. The van der Waals surface area contributed by atoms with Crippen LogP contribution in [0.15, 0.2) is 24.8 Å². The molecule has 504 valence electrons. The number of carbonyl (C=O) groups excluding carboxylic acids is 5. The van der Waals surface area contributed by atoms with Crippen molar-refractivity contribution in [3.05, 3.63) is 41.9 Å². The summed E-state index contributed by atoms with van der Waals surface area (Å²) in [6.45, 7) is 22.5. The van der Waals surface area contributed by atoms with Gasteiger partial charge < -0.3 is 54.0 Å². The van der Waals surface area contributed by atoms with Crippen LogP contribution in [-0.2, 0) is 19.0 Å². The SMILES string of the molecule is CC(C)(C)OC(=O)N1CCC(F)(C=O)C1.CC(C)(C)OC(=O)N1CCC(F)(CCC2CC2)C1.CC(C)(C)OC(=O)N1CCC(F)(CO)C1.Cc1cn2cc(NC(=O)c3cnc(N4CCC(F)(CCC5CC5)C4)cn3)nc(C)c2n1.FC1(CCC2CC2)CCNC1. The maximum absolute atomic E-state index is 15.1. The van der Waals surface area contributed by atoms with Gasteiger partial charge in [-0.1, -0.05) is 38.5 Å².